The fourth-order valence-corrected chi connectivity index (χ4v) is 3.39. The lowest BCUT2D eigenvalue weighted by Crippen LogP contribution is -2.35. The molecular formula is C20H33N3O2. The molecule has 0 saturated heterocycles. The number of anilines is 1. The topological polar surface area (TPSA) is 55.8 Å². The summed E-state index contributed by atoms with van der Waals surface area (Å²) in [6.45, 7) is 3.12. The third-order valence-corrected chi connectivity index (χ3v) is 5.11. The number of nitrogens with zero attached hydrogens (tertiary/aromatic N) is 2. The number of aliphatic hydroxyl groups excluding tert-OH is 1. The van der Waals surface area contributed by atoms with Crippen molar-refractivity contribution in [1.29, 1.82) is 0 Å². The molecule has 25 heavy (non-hydrogen) atoms. The summed E-state index contributed by atoms with van der Waals surface area (Å²) >= 11 is 0. The van der Waals surface area contributed by atoms with Crippen molar-refractivity contribution in [1.82, 2.24) is 9.80 Å². The SMILES string of the molecule is CC(O)CCN(C)C(=O)Nc1ccccc1CN(C)C1CCCCC1. The highest BCUT2D eigenvalue weighted by atomic mass is 16.3. The van der Waals surface area contributed by atoms with E-state index in [1.807, 2.05) is 18.2 Å². The minimum atomic E-state index is -0.397. The third-order valence-electron chi connectivity index (χ3n) is 5.11. The molecule has 1 aromatic carbocycles. The molecule has 0 spiro atoms. The van der Waals surface area contributed by atoms with E-state index in [0.717, 1.165) is 17.8 Å². The lowest BCUT2D eigenvalue weighted by molar-refractivity contribution is 0.167. The number of hydrogen-bond donors (Lipinski definition) is 2. The standard InChI is InChI=1S/C20H33N3O2/c1-16(24)13-14-22(2)20(25)21-19-12-8-7-9-17(19)15-23(3)18-10-5-4-6-11-18/h7-9,12,16,18,24H,4-6,10-11,13-15H2,1-3H3,(H,21,25). The van der Waals surface area contributed by atoms with Gasteiger partial charge in [-0.1, -0.05) is 37.5 Å². The smallest absolute Gasteiger partial charge is 0.321 e. The van der Waals surface area contributed by atoms with Crippen molar-refractivity contribution in [2.24, 2.45) is 0 Å². The summed E-state index contributed by atoms with van der Waals surface area (Å²) in [6.07, 6.45) is 6.72. The van der Waals surface area contributed by atoms with Crippen molar-refractivity contribution in [3.63, 3.8) is 0 Å². The van der Waals surface area contributed by atoms with Gasteiger partial charge in [0.1, 0.15) is 0 Å². The van der Waals surface area contributed by atoms with Gasteiger partial charge in [0.15, 0.2) is 0 Å². The Balaban J connectivity index is 1.96. The van der Waals surface area contributed by atoms with E-state index in [1.54, 1.807) is 18.9 Å². The van der Waals surface area contributed by atoms with Crippen molar-refractivity contribution in [3.8, 4) is 0 Å². The lowest BCUT2D eigenvalue weighted by Gasteiger charge is -2.31. The van der Waals surface area contributed by atoms with E-state index in [9.17, 15) is 9.90 Å². The molecule has 5 heteroatoms. The summed E-state index contributed by atoms with van der Waals surface area (Å²) in [4.78, 5) is 16.4. The molecule has 1 saturated carbocycles. The molecule has 140 valence electrons. The van der Waals surface area contributed by atoms with E-state index >= 15 is 0 Å². The number of amides is 2. The Morgan fingerprint density at radius 1 is 1.24 bits per heavy atom. The van der Waals surface area contributed by atoms with Crippen LogP contribution in [0.5, 0.6) is 0 Å². The van der Waals surface area contributed by atoms with E-state index < -0.39 is 6.10 Å². The van der Waals surface area contributed by atoms with E-state index in [1.165, 1.54) is 32.1 Å². The fourth-order valence-electron chi connectivity index (χ4n) is 3.39. The number of hydrogen-bond acceptors (Lipinski definition) is 3. The molecule has 1 aromatic rings. The molecule has 0 aliphatic heterocycles. The zero-order valence-corrected chi connectivity index (χ0v) is 15.9. The van der Waals surface area contributed by atoms with Gasteiger partial charge in [-0.25, -0.2) is 4.79 Å². The summed E-state index contributed by atoms with van der Waals surface area (Å²) in [5, 5.41) is 12.4. The van der Waals surface area contributed by atoms with E-state index in [0.29, 0.717) is 19.0 Å². The van der Waals surface area contributed by atoms with Crippen molar-refractivity contribution in [3.05, 3.63) is 29.8 Å². The number of carbonyl (C=O) groups is 1. The minimum absolute atomic E-state index is 0.131. The van der Waals surface area contributed by atoms with Gasteiger partial charge in [-0.2, -0.15) is 0 Å². The molecule has 0 aromatic heterocycles. The quantitative estimate of drug-likeness (QED) is 0.791. The Morgan fingerprint density at radius 2 is 1.92 bits per heavy atom. The number of benzene rings is 1. The zero-order valence-electron chi connectivity index (χ0n) is 15.9. The van der Waals surface area contributed by atoms with Gasteiger partial charge in [0, 0.05) is 31.9 Å². The van der Waals surface area contributed by atoms with Crippen LogP contribution in [-0.2, 0) is 6.54 Å². The van der Waals surface area contributed by atoms with Gasteiger partial charge < -0.3 is 15.3 Å². The first-order chi connectivity index (χ1) is 12.0. The van der Waals surface area contributed by atoms with Crippen LogP contribution in [0.1, 0.15) is 51.0 Å². The van der Waals surface area contributed by atoms with Crippen LogP contribution in [0.15, 0.2) is 24.3 Å². The van der Waals surface area contributed by atoms with Crippen molar-refractivity contribution < 1.29 is 9.90 Å². The molecule has 1 aliphatic rings. The Bertz CT molecular complexity index is 541. The lowest BCUT2D eigenvalue weighted by atomic mass is 9.94. The van der Waals surface area contributed by atoms with Gasteiger partial charge in [0.25, 0.3) is 0 Å². The summed E-state index contributed by atoms with van der Waals surface area (Å²) in [5.74, 6) is 0. The number of para-hydroxylation sites is 1. The molecule has 0 radical (unpaired) electrons. The van der Waals surface area contributed by atoms with Gasteiger partial charge in [0.05, 0.1) is 6.10 Å². The molecule has 2 N–H and O–H groups in total. The Hall–Kier alpha value is -1.59. The van der Waals surface area contributed by atoms with E-state index in [2.05, 4.69) is 23.3 Å². The predicted molar refractivity (Wildman–Crippen MR) is 103 cm³/mol. The minimum Gasteiger partial charge on any atom is -0.393 e. The van der Waals surface area contributed by atoms with Crippen LogP contribution in [0.3, 0.4) is 0 Å². The molecule has 2 amide bonds. The Morgan fingerprint density at radius 3 is 2.60 bits per heavy atom. The normalized spacial score (nSPS) is 16.7. The number of nitrogens with one attached hydrogen (secondary N) is 1. The second kappa shape index (κ2) is 9.78. The number of urea groups is 1. The van der Waals surface area contributed by atoms with Crippen molar-refractivity contribution in [2.45, 2.75) is 64.1 Å². The third kappa shape index (κ3) is 6.33. The van der Waals surface area contributed by atoms with Crippen LogP contribution in [0.2, 0.25) is 0 Å². The van der Waals surface area contributed by atoms with Gasteiger partial charge >= 0.3 is 6.03 Å². The molecule has 1 unspecified atom stereocenters. The highest BCUT2D eigenvalue weighted by Crippen LogP contribution is 2.25. The van der Waals surface area contributed by atoms with Gasteiger partial charge in [-0.3, -0.25) is 4.90 Å². The largest absolute Gasteiger partial charge is 0.393 e. The van der Waals surface area contributed by atoms with Gasteiger partial charge in [-0.15, -0.1) is 0 Å². The van der Waals surface area contributed by atoms with E-state index in [4.69, 9.17) is 0 Å². The molecule has 2 rings (SSSR count). The Kier molecular flexibility index (Phi) is 7.72. The number of carbonyl (C=O) groups excluding carboxylic acids is 1. The summed E-state index contributed by atoms with van der Waals surface area (Å²) < 4.78 is 0. The molecular weight excluding hydrogens is 314 g/mol. The highest BCUT2D eigenvalue weighted by molar-refractivity contribution is 5.89. The monoisotopic (exact) mass is 347 g/mol. The maximum absolute atomic E-state index is 12.4. The van der Waals surface area contributed by atoms with Crippen LogP contribution in [-0.4, -0.2) is 53.7 Å². The summed E-state index contributed by atoms with van der Waals surface area (Å²) in [7, 11) is 3.94. The van der Waals surface area contributed by atoms with E-state index in [-0.39, 0.29) is 6.03 Å². The van der Waals surface area contributed by atoms with Gasteiger partial charge in [-0.05, 0) is 44.9 Å². The average molecular weight is 348 g/mol. The molecule has 1 atom stereocenters. The molecule has 0 heterocycles. The maximum Gasteiger partial charge on any atom is 0.321 e. The maximum atomic E-state index is 12.4. The van der Waals surface area contributed by atoms with Crippen LogP contribution < -0.4 is 5.32 Å². The zero-order chi connectivity index (χ0) is 18.2. The highest BCUT2D eigenvalue weighted by Gasteiger charge is 2.19. The predicted octanol–water partition coefficient (Wildman–Crippen LogP) is 3.69. The van der Waals surface area contributed by atoms with Crippen molar-refractivity contribution in [2.75, 3.05) is 26.0 Å². The van der Waals surface area contributed by atoms with Crippen molar-refractivity contribution >= 4 is 11.7 Å². The first-order valence-corrected chi connectivity index (χ1v) is 9.45. The molecule has 1 aliphatic carbocycles. The van der Waals surface area contributed by atoms with Crippen LogP contribution >= 0.6 is 0 Å². The molecule has 5 nitrogen and oxygen atoms in total. The van der Waals surface area contributed by atoms with Crippen LogP contribution in [0.25, 0.3) is 0 Å². The first kappa shape index (κ1) is 19.7. The first-order valence-electron chi connectivity index (χ1n) is 9.45. The Labute approximate surface area is 152 Å². The van der Waals surface area contributed by atoms with Gasteiger partial charge in [0.2, 0.25) is 0 Å². The van der Waals surface area contributed by atoms with Crippen LogP contribution in [0, 0.1) is 0 Å². The fraction of sp³-hybridized carbons (Fsp3) is 0.650. The number of rotatable bonds is 7. The second-order valence-corrected chi connectivity index (χ2v) is 7.35. The second-order valence-electron chi connectivity index (χ2n) is 7.35. The summed E-state index contributed by atoms with van der Waals surface area (Å²) in [6, 6.07) is 8.54. The summed E-state index contributed by atoms with van der Waals surface area (Å²) in [5.41, 5.74) is 2.02. The molecule has 1 fully saturated rings. The number of aliphatic hydroxyl groups is 1. The van der Waals surface area contributed by atoms with Crippen LogP contribution in [0.4, 0.5) is 10.5 Å². The molecule has 0 bridgehead atoms. The average Bonchev–Trinajstić information content (AvgIpc) is 2.61.